The number of hydrogen-bond donors (Lipinski definition) is 0. The van der Waals surface area contributed by atoms with Gasteiger partial charge < -0.3 is 0 Å². The van der Waals surface area contributed by atoms with E-state index in [1.807, 2.05) is 0 Å². The lowest BCUT2D eigenvalue weighted by Crippen LogP contribution is -1.77. The maximum absolute atomic E-state index is 3.96. The number of rotatable bonds is 4. The van der Waals surface area contributed by atoms with Crippen LogP contribution >= 0.6 is 0 Å². The molecule has 0 N–H and O–H groups in total. The highest BCUT2D eigenvalue weighted by atomic mass is 13.9. The fourth-order valence-corrected chi connectivity index (χ4v) is 0.844. The first kappa shape index (κ1) is 9.48. The molecule has 0 nitrogen and oxygen atoms in total. The monoisotopic (exact) mass is 138 g/mol. The Balaban J connectivity index is 3.75. The molecule has 0 aliphatic carbocycles. The Bertz CT molecular complexity index is 129. The first-order valence-electron chi connectivity index (χ1n) is 4.05. The van der Waals surface area contributed by atoms with Crippen molar-refractivity contribution in [3.63, 3.8) is 0 Å². The van der Waals surface area contributed by atoms with Gasteiger partial charge in [0, 0.05) is 0 Å². The largest absolute Gasteiger partial charge is 0.0958 e. The van der Waals surface area contributed by atoms with Gasteiger partial charge in [0.25, 0.3) is 0 Å². The van der Waals surface area contributed by atoms with Crippen molar-refractivity contribution in [1.29, 1.82) is 0 Å². The third-order valence-electron chi connectivity index (χ3n) is 1.58. The Morgan fingerprint density at radius 1 is 1.40 bits per heavy atom. The van der Waals surface area contributed by atoms with E-state index in [0.29, 0.717) is 0 Å². The highest BCUT2D eigenvalue weighted by Crippen LogP contribution is 2.08. The number of hydrogen-bond acceptors (Lipinski definition) is 0. The van der Waals surface area contributed by atoms with Crippen LogP contribution in [0.25, 0.3) is 0 Å². The summed E-state index contributed by atoms with van der Waals surface area (Å²) in [6, 6.07) is 0. The lowest BCUT2D eigenvalue weighted by atomic mass is 10.1. The Morgan fingerprint density at radius 3 is 2.40 bits per heavy atom. The van der Waals surface area contributed by atoms with Crippen LogP contribution in [0.4, 0.5) is 0 Å². The zero-order valence-electron chi connectivity index (χ0n) is 7.41. The topological polar surface area (TPSA) is 0 Å². The van der Waals surface area contributed by atoms with Gasteiger partial charge >= 0.3 is 0 Å². The molecule has 0 radical (unpaired) electrons. The van der Waals surface area contributed by atoms with Gasteiger partial charge in [-0.2, -0.15) is 0 Å². The van der Waals surface area contributed by atoms with Gasteiger partial charge in [-0.05, 0) is 19.8 Å². The van der Waals surface area contributed by atoms with E-state index in [2.05, 4.69) is 33.4 Å². The van der Waals surface area contributed by atoms with Crippen LogP contribution in [0.5, 0.6) is 0 Å². The van der Waals surface area contributed by atoms with Gasteiger partial charge in [-0.15, -0.1) is 0 Å². The third kappa shape index (κ3) is 4.37. The van der Waals surface area contributed by atoms with E-state index in [-0.39, 0.29) is 0 Å². The first-order valence-corrected chi connectivity index (χ1v) is 4.05. The molecule has 10 heavy (non-hydrogen) atoms. The minimum absolute atomic E-state index is 1.14. The molecule has 0 unspecified atom stereocenters. The normalized spacial score (nSPS) is 11.7. The Hall–Kier alpha value is -0.520. The maximum Gasteiger partial charge on any atom is -0.0287 e. The van der Waals surface area contributed by atoms with Crippen LogP contribution in [-0.2, 0) is 0 Å². The van der Waals surface area contributed by atoms with E-state index < -0.39 is 0 Å². The molecule has 0 aromatic carbocycles. The second-order valence-corrected chi connectivity index (χ2v) is 2.75. The fourth-order valence-electron chi connectivity index (χ4n) is 0.844. The zero-order valence-corrected chi connectivity index (χ0v) is 7.41. The molecule has 0 aliphatic rings. The van der Waals surface area contributed by atoms with Crippen molar-refractivity contribution in [2.45, 2.75) is 40.0 Å². The molecular weight excluding hydrogens is 120 g/mol. The van der Waals surface area contributed by atoms with E-state index >= 15 is 0 Å². The van der Waals surface area contributed by atoms with Crippen LogP contribution in [0.2, 0.25) is 0 Å². The third-order valence-corrected chi connectivity index (χ3v) is 1.58. The zero-order chi connectivity index (χ0) is 7.98. The summed E-state index contributed by atoms with van der Waals surface area (Å²) in [7, 11) is 0. The van der Waals surface area contributed by atoms with Crippen molar-refractivity contribution >= 4 is 0 Å². The van der Waals surface area contributed by atoms with E-state index in [4.69, 9.17) is 0 Å². The average molecular weight is 138 g/mol. The summed E-state index contributed by atoms with van der Waals surface area (Å²) < 4.78 is 0. The molecule has 0 aliphatic heterocycles. The van der Waals surface area contributed by atoms with Crippen molar-refractivity contribution in [2.24, 2.45) is 0 Å². The summed E-state index contributed by atoms with van der Waals surface area (Å²) >= 11 is 0. The Labute approximate surface area is 64.6 Å². The molecule has 0 saturated carbocycles. The van der Waals surface area contributed by atoms with E-state index in [9.17, 15) is 0 Å². The summed E-state index contributed by atoms with van der Waals surface area (Å²) in [4.78, 5) is 0. The van der Waals surface area contributed by atoms with Gasteiger partial charge in [0.2, 0.25) is 0 Å². The molecule has 0 aromatic rings. The van der Waals surface area contributed by atoms with E-state index in [1.54, 1.807) is 0 Å². The molecule has 0 aromatic heterocycles. The van der Waals surface area contributed by atoms with Gasteiger partial charge in [0.1, 0.15) is 0 Å². The summed E-state index contributed by atoms with van der Waals surface area (Å²) in [5.74, 6) is 0. The molecule has 0 amide bonds. The number of allylic oxidation sites excluding steroid dienone is 3. The maximum atomic E-state index is 3.96. The molecule has 0 heterocycles. The molecule has 0 saturated heterocycles. The second kappa shape index (κ2) is 5.28. The summed E-state index contributed by atoms with van der Waals surface area (Å²) in [6.45, 7) is 10.5. The van der Waals surface area contributed by atoms with Crippen LogP contribution in [-0.4, -0.2) is 0 Å². The highest BCUT2D eigenvalue weighted by molar-refractivity contribution is 5.18. The summed E-state index contributed by atoms with van der Waals surface area (Å²) in [5, 5.41) is 0. The second-order valence-electron chi connectivity index (χ2n) is 2.75. The van der Waals surface area contributed by atoms with Crippen LogP contribution < -0.4 is 0 Å². The molecule has 0 spiro atoms. The predicted octanol–water partition coefficient (Wildman–Crippen LogP) is 3.70. The van der Waals surface area contributed by atoms with Crippen molar-refractivity contribution < 1.29 is 0 Å². The average Bonchev–Trinajstić information content (AvgIpc) is 1.88. The molecule has 0 rings (SSSR count). The van der Waals surface area contributed by atoms with Crippen LogP contribution in [0, 0.1) is 0 Å². The quantitative estimate of drug-likeness (QED) is 0.520. The van der Waals surface area contributed by atoms with Gasteiger partial charge in [-0.25, -0.2) is 0 Å². The smallest absolute Gasteiger partial charge is 0.0287 e. The van der Waals surface area contributed by atoms with E-state index in [0.717, 1.165) is 12.8 Å². The molecule has 0 fully saturated rings. The van der Waals surface area contributed by atoms with Crippen LogP contribution in [0.3, 0.4) is 0 Å². The van der Waals surface area contributed by atoms with Crippen LogP contribution in [0.1, 0.15) is 40.0 Å². The molecular formula is C10H18. The van der Waals surface area contributed by atoms with Gasteiger partial charge in [0.15, 0.2) is 0 Å². The van der Waals surface area contributed by atoms with Gasteiger partial charge in [-0.1, -0.05) is 44.1 Å². The van der Waals surface area contributed by atoms with E-state index in [1.165, 1.54) is 17.6 Å². The van der Waals surface area contributed by atoms with Crippen molar-refractivity contribution in [1.82, 2.24) is 0 Å². The summed E-state index contributed by atoms with van der Waals surface area (Å²) in [6.07, 6.45) is 5.68. The minimum Gasteiger partial charge on any atom is -0.0958 e. The Morgan fingerprint density at radius 2 is 2.00 bits per heavy atom. The van der Waals surface area contributed by atoms with Gasteiger partial charge in [0.05, 0.1) is 0 Å². The lowest BCUT2D eigenvalue weighted by Gasteiger charge is -1.98. The standard InChI is InChI=1S/C10H18/c1-5-7-10(4)8-9(3)6-2/h8H,4-7H2,1-3H3/b9-8+. The minimum atomic E-state index is 1.14. The molecule has 58 valence electrons. The van der Waals surface area contributed by atoms with Crippen molar-refractivity contribution in [3.8, 4) is 0 Å². The predicted molar refractivity (Wildman–Crippen MR) is 48.1 cm³/mol. The molecule has 0 heteroatoms. The lowest BCUT2D eigenvalue weighted by molar-refractivity contribution is 0.924. The van der Waals surface area contributed by atoms with Crippen molar-refractivity contribution in [2.75, 3.05) is 0 Å². The van der Waals surface area contributed by atoms with Crippen LogP contribution in [0.15, 0.2) is 23.8 Å². The molecule has 0 atom stereocenters. The van der Waals surface area contributed by atoms with Crippen molar-refractivity contribution in [3.05, 3.63) is 23.8 Å². The highest BCUT2D eigenvalue weighted by Gasteiger charge is 1.87. The fraction of sp³-hybridized carbons (Fsp3) is 0.600. The van der Waals surface area contributed by atoms with Gasteiger partial charge in [-0.3, -0.25) is 0 Å². The SMILES string of the molecule is C=C(/C=C(\C)CC)CCC. The molecule has 0 bridgehead atoms. The Kier molecular flexibility index (Phi) is 5.00. The first-order chi connectivity index (χ1) is 4.70. The summed E-state index contributed by atoms with van der Waals surface area (Å²) in [5.41, 5.74) is 2.69.